The molecule has 0 aromatic rings. The van der Waals surface area contributed by atoms with E-state index in [2.05, 4.69) is 27.8 Å². The van der Waals surface area contributed by atoms with Crippen molar-refractivity contribution >= 4 is 0 Å². The Bertz CT molecular complexity index is 273. The summed E-state index contributed by atoms with van der Waals surface area (Å²) in [6, 6.07) is 0. The van der Waals surface area contributed by atoms with Gasteiger partial charge in [-0.05, 0) is 19.3 Å². The fraction of sp³-hybridized carbons (Fsp3) is 1.00. The van der Waals surface area contributed by atoms with Gasteiger partial charge in [0.05, 0.1) is 26.9 Å². The van der Waals surface area contributed by atoms with Crippen LogP contribution in [0.4, 0.5) is 0 Å². The van der Waals surface area contributed by atoms with Crippen LogP contribution in [0.15, 0.2) is 0 Å². The van der Waals surface area contributed by atoms with Crippen molar-refractivity contribution in [1.82, 2.24) is 0 Å². The first-order chi connectivity index (χ1) is 14.2. The molecule has 0 aliphatic heterocycles. The van der Waals surface area contributed by atoms with E-state index in [0.29, 0.717) is 0 Å². The minimum atomic E-state index is 0. The summed E-state index contributed by atoms with van der Waals surface area (Å²) in [6.45, 7) is 15.1. The van der Waals surface area contributed by atoms with E-state index in [0.717, 1.165) is 63.8 Å². The summed E-state index contributed by atoms with van der Waals surface area (Å²) in [5.74, 6) is 0. The summed E-state index contributed by atoms with van der Waals surface area (Å²) in [5.41, 5.74) is 0. The van der Waals surface area contributed by atoms with Crippen molar-refractivity contribution in [2.75, 3.05) is 66.3 Å². The minimum Gasteiger partial charge on any atom is -1.00 e. The van der Waals surface area contributed by atoms with Crippen molar-refractivity contribution in [3.05, 3.63) is 0 Å². The highest BCUT2D eigenvalue weighted by Crippen LogP contribution is 2.06. The van der Waals surface area contributed by atoms with E-state index < -0.39 is 0 Å². The zero-order chi connectivity index (χ0) is 21.5. The highest BCUT2D eigenvalue weighted by molar-refractivity contribution is 4.46. The van der Waals surface area contributed by atoms with Gasteiger partial charge in [-0.3, -0.25) is 0 Å². The zero-order valence-corrected chi connectivity index (χ0v) is 23.1. The SMILES string of the molecule is CCCCCCOCC[N+](C)(CCOCCCCCC)CCOCCCCCC.[I-]. The first-order valence-corrected chi connectivity index (χ1v) is 12.7. The number of quaternary nitrogens is 1. The van der Waals surface area contributed by atoms with Crippen LogP contribution in [0.1, 0.15) is 97.8 Å². The van der Waals surface area contributed by atoms with E-state index in [1.54, 1.807) is 0 Å². The lowest BCUT2D eigenvalue weighted by Crippen LogP contribution is -3.00. The van der Waals surface area contributed by atoms with Crippen LogP contribution < -0.4 is 24.0 Å². The quantitative estimate of drug-likeness (QED) is 0.106. The van der Waals surface area contributed by atoms with E-state index in [-0.39, 0.29) is 24.0 Å². The summed E-state index contributed by atoms with van der Waals surface area (Å²) in [6.07, 6.45) is 15.3. The molecule has 0 N–H and O–H groups in total. The molecule has 184 valence electrons. The van der Waals surface area contributed by atoms with E-state index in [4.69, 9.17) is 14.2 Å². The summed E-state index contributed by atoms with van der Waals surface area (Å²) in [4.78, 5) is 0. The summed E-state index contributed by atoms with van der Waals surface area (Å²) in [5, 5.41) is 0. The molecule has 0 unspecified atom stereocenters. The number of nitrogens with zero attached hydrogens (tertiary/aromatic N) is 1. The van der Waals surface area contributed by atoms with Crippen molar-refractivity contribution in [2.24, 2.45) is 0 Å². The number of hydrogen-bond donors (Lipinski definition) is 0. The van der Waals surface area contributed by atoms with Gasteiger partial charge >= 0.3 is 0 Å². The molecule has 0 aliphatic carbocycles. The number of hydrogen-bond acceptors (Lipinski definition) is 3. The fourth-order valence-corrected chi connectivity index (χ4v) is 3.39. The third-order valence-electron chi connectivity index (χ3n) is 5.75. The van der Waals surface area contributed by atoms with Crippen LogP contribution in [-0.4, -0.2) is 70.8 Å². The first-order valence-electron chi connectivity index (χ1n) is 12.7. The standard InChI is InChI=1S/C25H54NO3.HI/c1-5-8-11-14-20-27-23-17-26(4,18-24-28-21-15-12-9-6-2)19-25-29-22-16-13-10-7-3;/h5-25H2,1-4H3;1H/q+1;/p-1. The lowest BCUT2D eigenvalue weighted by Gasteiger charge is -2.34. The van der Waals surface area contributed by atoms with Crippen LogP contribution in [0.2, 0.25) is 0 Å². The molecular weight excluding hydrogens is 489 g/mol. The molecule has 0 radical (unpaired) electrons. The van der Waals surface area contributed by atoms with Crippen LogP contribution in [0.3, 0.4) is 0 Å². The second kappa shape index (κ2) is 25.8. The Balaban J connectivity index is 0. The van der Waals surface area contributed by atoms with Crippen LogP contribution >= 0.6 is 0 Å². The van der Waals surface area contributed by atoms with Crippen LogP contribution in [0.5, 0.6) is 0 Å². The van der Waals surface area contributed by atoms with E-state index >= 15 is 0 Å². The topological polar surface area (TPSA) is 27.7 Å². The normalized spacial score (nSPS) is 11.6. The van der Waals surface area contributed by atoms with Crippen LogP contribution in [-0.2, 0) is 14.2 Å². The Labute approximate surface area is 206 Å². The average molecular weight is 544 g/mol. The van der Waals surface area contributed by atoms with Gasteiger partial charge in [-0.15, -0.1) is 0 Å². The van der Waals surface area contributed by atoms with Gasteiger partial charge in [-0.2, -0.15) is 0 Å². The Hall–Kier alpha value is 0.570. The van der Waals surface area contributed by atoms with E-state index in [9.17, 15) is 0 Å². The molecule has 0 aromatic carbocycles. The number of halogens is 1. The molecule has 0 bridgehead atoms. The molecule has 0 spiro atoms. The third kappa shape index (κ3) is 23.2. The first kappa shape index (κ1) is 32.7. The van der Waals surface area contributed by atoms with Gasteiger partial charge in [0.15, 0.2) is 0 Å². The maximum absolute atomic E-state index is 5.92. The van der Waals surface area contributed by atoms with E-state index in [1.165, 1.54) is 77.0 Å². The molecule has 0 saturated heterocycles. The highest BCUT2D eigenvalue weighted by Gasteiger charge is 2.21. The lowest BCUT2D eigenvalue weighted by molar-refractivity contribution is -0.910. The monoisotopic (exact) mass is 543 g/mol. The molecule has 30 heavy (non-hydrogen) atoms. The maximum Gasteiger partial charge on any atom is 0.102 e. The largest absolute Gasteiger partial charge is 1.00 e. The second-order valence-electron chi connectivity index (χ2n) is 8.81. The average Bonchev–Trinajstić information content (AvgIpc) is 2.72. The molecule has 0 aliphatic rings. The third-order valence-corrected chi connectivity index (χ3v) is 5.75. The van der Waals surface area contributed by atoms with Gasteiger partial charge < -0.3 is 42.7 Å². The maximum atomic E-state index is 5.92. The van der Waals surface area contributed by atoms with Crippen molar-refractivity contribution in [2.45, 2.75) is 97.8 Å². The predicted octanol–water partition coefficient (Wildman–Crippen LogP) is 3.23. The second-order valence-corrected chi connectivity index (χ2v) is 8.81. The predicted molar refractivity (Wildman–Crippen MR) is 126 cm³/mol. The Morgan fingerprint density at radius 3 is 1.00 bits per heavy atom. The molecular formula is C25H54INO3. The van der Waals surface area contributed by atoms with Crippen LogP contribution in [0, 0.1) is 0 Å². The Morgan fingerprint density at radius 1 is 0.433 bits per heavy atom. The number of unbranched alkanes of at least 4 members (excludes halogenated alkanes) is 9. The molecule has 0 fully saturated rings. The number of likely N-dealkylation sites (N-methyl/N-ethyl adjacent to an activating group) is 1. The minimum absolute atomic E-state index is 0. The van der Waals surface area contributed by atoms with Gasteiger partial charge in [0.2, 0.25) is 0 Å². The van der Waals surface area contributed by atoms with Crippen molar-refractivity contribution in [3.8, 4) is 0 Å². The Kier molecular flexibility index (Phi) is 28.2. The molecule has 0 atom stereocenters. The number of ether oxygens (including phenoxy) is 3. The molecule has 0 amide bonds. The molecule has 0 aromatic heterocycles. The smallest absolute Gasteiger partial charge is 0.102 e. The summed E-state index contributed by atoms with van der Waals surface area (Å²) >= 11 is 0. The van der Waals surface area contributed by atoms with Gasteiger partial charge in [0, 0.05) is 19.8 Å². The van der Waals surface area contributed by atoms with Gasteiger partial charge in [-0.25, -0.2) is 0 Å². The molecule has 0 rings (SSSR count). The zero-order valence-electron chi connectivity index (χ0n) is 20.9. The van der Waals surface area contributed by atoms with Crippen molar-refractivity contribution in [1.29, 1.82) is 0 Å². The lowest BCUT2D eigenvalue weighted by atomic mass is 10.2. The summed E-state index contributed by atoms with van der Waals surface area (Å²) < 4.78 is 18.8. The fourth-order valence-electron chi connectivity index (χ4n) is 3.39. The van der Waals surface area contributed by atoms with Gasteiger partial charge in [0.25, 0.3) is 0 Å². The molecule has 0 heterocycles. The van der Waals surface area contributed by atoms with Crippen LogP contribution in [0.25, 0.3) is 0 Å². The van der Waals surface area contributed by atoms with E-state index in [1.807, 2.05) is 0 Å². The summed E-state index contributed by atoms with van der Waals surface area (Å²) in [7, 11) is 2.33. The number of rotatable bonds is 24. The molecule has 5 heteroatoms. The van der Waals surface area contributed by atoms with Gasteiger partial charge in [-0.1, -0.05) is 78.6 Å². The van der Waals surface area contributed by atoms with Crippen molar-refractivity contribution < 1.29 is 42.7 Å². The molecule has 4 nitrogen and oxygen atoms in total. The van der Waals surface area contributed by atoms with Gasteiger partial charge in [0.1, 0.15) is 19.6 Å². The molecule has 0 saturated carbocycles. The van der Waals surface area contributed by atoms with Crippen molar-refractivity contribution in [3.63, 3.8) is 0 Å². The Morgan fingerprint density at radius 2 is 0.733 bits per heavy atom. The highest BCUT2D eigenvalue weighted by atomic mass is 127.